The van der Waals surface area contributed by atoms with Gasteiger partial charge < -0.3 is 15.2 Å². The summed E-state index contributed by atoms with van der Waals surface area (Å²) in [5.41, 5.74) is 0. The fourth-order valence-electron chi connectivity index (χ4n) is 3.42. The Morgan fingerprint density at radius 1 is 1.23 bits per heavy atom. The summed E-state index contributed by atoms with van der Waals surface area (Å²) in [6.07, 6.45) is 6.07. The molecule has 2 N–H and O–H groups in total. The zero-order valence-corrected chi connectivity index (χ0v) is 13.0. The minimum Gasteiger partial charge on any atom is -0.480 e. The monoisotopic (exact) mass is 310 g/mol. The van der Waals surface area contributed by atoms with Crippen molar-refractivity contribution in [2.75, 3.05) is 26.3 Å². The van der Waals surface area contributed by atoms with Crippen molar-refractivity contribution in [2.45, 2.75) is 50.6 Å². The minimum atomic E-state index is -0.757. The average molecular weight is 310 g/mol. The van der Waals surface area contributed by atoms with E-state index in [1.165, 1.54) is 12.8 Å². The quantitative estimate of drug-likeness (QED) is 0.729. The van der Waals surface area contributed by atoms with E-state index in [0.29, 0.717) is 18.6 Å². The number of amides is 1. The summed E-state index contributed by atoms with van der Waals surface area (Å²) in [4.78, 5) is 25.2. The second kappa shape index (κ2) is 6.96. The lowest BCUT2D eigenvalue weighted by molar-refractivity contribution is -0.140. The SMILES string of the molecule is O=C(O)CN(CC1CC1)C1CC(NC(=O)[C@H]2CCCOC2)C1. The molecule has 3 rings (SSSR count). The number of ether oxygens (including phenoxy) is 1. The molecular formula is C16H26N2O4. The van der Waals surface area contributed by atoms with Gasteiger partial charge in [-0.1, -0.05) is 0 Å². The Hall–Kier alpha value is -1.14. The molecule has 2 aliphatic carbocycles. The summed E-state index contributed by atoms with van der Waals surface area (Å²) < 4.78 is 5.36. The standard InChI is InChI=1S/C16H26N2O4/c19-15(20)9-18(8-11-3-4-11)14-6-13(7-14)17-16(21)12-2-1-5-22-10-12/h11-14H,1-10H2,(H,17,21)(H,19,20)/t12-,13?,14?/m0/s1. The van der Waals surface area contributed by atoms with Crippen molar-refractivity contribution in [3.63, 3.8) is 0 Å². The molecule has 0 spiro atoms. The molecular weight excluding hydrogens is 284 g/mol. The summed E-state index contributed by atoms with van der Waals surface area (Å²) in [5, 5.41) is 12.1. The predicted molar refractivity (Wildman–Crippen MR) is 80.4 cm³/mol. The van der Waals surface area contributed by atoms with Crippen LogP contribution in [0.25, 0.3) is 0 Å². The van der Waals surface area contributed by atoms with E-state index in [9.17, 15) is 9.59 Å². The van der Waals surface area contributed by atoms with Gasteiger partial charge in [0.05, 0.1) is 19.1 Å². The summed E-state index contributed by atoms with van der Waals surface area (Å²) in [6.45, 7) is 2.32. The van der Waals surface area contributed by atoms with Crippen molar-refractivity contribution in [3.8, 4) is 0 Å². The molecule has 0 radical (unpaired) electrons. The molecule has 124 valence electrons. The molecule has 0 bridgehead atoms. The van der Waals surface area contributed by atoms with Crippen LogP contribution in [0.15, 0.2) is 0 Å². The van der Waals surface area contributed by atoms with Crippen LogP contribution in [0.5, 0.6) is 0 Å². The zero-order chi connectivity index (χ0) is 15.5. The van der Waals surface area contributed by atoms with Gasteiger partial charge in [0.2, 0.25) is 5.91 Å². The lowest BCUT2D eigenvalue weighted by atomic mass is 9.84. The van der Waals surface area contributed by atoms with Crippen molar-refractivity contribution in [1.82, 2.24) is 10.2 Å². The first-order valence-corrected chi connectivity index (χ1v) is 8.45. The summed E-state index contributed by atoms with van der Waals surface area (Å²) in [5.74, 6) is 0.0318. The molecule has 0 aromatic heterocycles. The number of carbonyl (C=O) groups is 2. The number of hydrogen-bond donors (Lipinski definition) is 2. The van der Waals surface area contributed by atoms with Crippen molar-refractivity contribution in [3.05, 3.63) is 0 Å². The third kappa shape index (κ3) is 4.20. The summed E-state index contributed by atoms with van der Waals surface area (Å²) in [7, 11) is 0. The van der Waals surface area contributed by atoms with Crippen LogP contribution in [0.4, 0.5) is 0 Å². The van der Waals surface area contributed by atoms with Gasteiger partial charge in [-0.2, -0.15) is 0 Å². The Bertz CT molecular complexity index is 412. The van der Waals surface area contributed by atoms with E-state index in [-0.39, 0.29) is 24.4 Å². The lowest BCUT2D eigenvalue weighted by Crippen LogP contribution is -2.56. The van der Waals surface area contributed by atoms with Gasteiger partial charge >= 0.3 is 5.97 Å². The van der Waals surface area contributed by atoms with Crippen LogP contribution in [0.2, 0.25) is 0 Å². The largest absolute Gasteiger partial charge is 0.480 e. The van der Waals surface area contributed by atoms with Crippen molar-refractivity contribution < 1.29 is 19.4 Å². The molecule has 1 amide bonds. The molecule has 6 nitrogen and oxygen atoms in total. The molecule has 2 saturated carbocycles. The predicted octanol–water partition coefficient (Wildman–Crippen LogP) is 0.857. The van der Waals surface area contributed by atoms with Gasteiger partial charge in [0.1, 0.15) is 0 Å². The number of nitrogens with zero attached hydrogens (tertiary/aromatic N) is 1. The molecule has 3 fully saturated rings. The molecule has 0 aromatic carbocycles. The van der Waals surface area contributed by atoms with E-state index in [1.54, 1.807) is 0 Å². The Balaban J connectivity index is 1.41. The highest BCUT2D eigenvalue weighted by Gasteiger charge is 2.38. The van der Waals surface area contributed by atoms with Gasteiger partial charge in [0.25, 0.3) is 0 Å². The van der Waals surface area contributed by atoms with Crippen LogP contribution in [-0.2, 0) is 14.3 Å². The Labute approximate surface area is 131 Å². The Kier molecular flexibility index (Phi) is 4.98. The average Bonchev–Trinajstić information content (AvgIpc) is 3.26. The Morgan fingerprint density at radius 3 is 2.59 bits per heavy atom. The third-order valence-electron chi connectivity index (χ3n) is 5.04. The van der Waals surface area contributed by atoms with E-state index in [2.05, 4.69) is 10.2 Å². The molecule has 22 heavy (non-hydrogen) atoms. The molecule has 1 aliphatic heterocycles. The molecule has 1 atom stereocenters. The molecule has 1 saturated heterocycles. The number of carboxylic acids is 1. The maximum Gasteiger partial charge on any atom is 0.317 e. The van der Waals surface area contributed by atoms with Crippen molar-refractivity contribution in [2.24, 2.45) is 11.8 Å². The highest BCUT2D eigenvalue weighted by Crippen LogP contribution is 2.33. The number of carbonyl (C=O) groups excluding carboxylic acids is 1. The highest BCUT2D eigenvalue weighted by atomic mass is 16.5. The van der Waals surface area contributed by atoms with Gasteiger partial charge in [-0.05, 0) is 44.4 Å². The number of hydrogen-bond acceptors (Lipinski definition) is 4. The fourth-order valence-corrected chi connectivity index (χ4v) is 3.42. The van der Waals surface area contributed by atoms with Crippen LogP contribution in [0, 0.1) is 11.8 Å². The van der Waals surface area contributed by atoms with E-state index in [1.807, 2.05) is 0 Å². The number of carboxylic acid groups (broad SMARTS) is 1. The molecule has 0 aromatic rings. The third-order valence-corrected chi connectivity index (χ3v) is 5.04. The van der Waals surface area contributed by atoms with Crippen molar-refractivity contribution in [1.29, 1.82) is 0 Å². The van der Waals surface area contributed by atoms with Gasteiger partial charge in [-0.15, -0.1) is 0 Å². The van der Waals surface area contributed by atoms with Crippen LogP contribution in [0.1, 0.15) is 38.5 Å². The van der Waals surface area contributed by atoms with E-state index < -0.39 is 5.97 Å². The van der Waals surface area contributed by atoms with Gasteiger partial charge in [-0.25, -0.2) is 0 Å². The zero-order valence-electron chi connectivity index (χ0n) is 13.0. The highest BCUT2D eigenvalue weighted by molar-refractivity contribution is 5.79. The lowest BCUT2D eigenvalue weighted by Gasteiger charge is -2.43. The summed E-state index contributed by atoms with van der Waals surface area (Å²) in [6, 6.07) is 0.513. The van der Waals surface area contributed by atoms with Crippen LogP contribution < -0.4 is 5.32 Å². The molecule has 3 aliphatic rings. The Morgan fingerprint density at radius 2 is 2.00 bits per heavy atom. The van der Waals surface area contributed by atoms with E-state index >= 15 is 0 Å². The van der Waals surface area contributed by atoms with Gasteiger partial charge in [0, 0.05) is 25.2 Å². The maximum atomic E-state index is 12.1. The van der Waals surface area contributed by atoms with Crippen LogP contribution in [0.3, 0.4) is 0 Å². The smallest absolute Gasteiger partial charge is 0.317 e. The molecule has 6 heteroatoms. The normalized spacial score (nSPS) is 31.6. The van der Waals surface area contributed by atoms with E-state index in [0.717, 1.165) is 38.8 Å². The molecule has 0 unspecified atom stereocenters. The number of aliphatic carboxylic acids is 1. The first-order chi connectivity index (χ1) is 10.6. The van der Waals surface area contributed by atoms with Gasteiger partial charge in [0.15, 0.2) is 0 Å². The second-order valence-corrected chi connectivity index (χ2v) is 7.01. The molecule has 1 heterocycles. The van der Waals surface area contributed by atoms with Crippen molar-refractivity contribution >= 4 is 11.9 Å². The number of nitrogens with one attached hydrogen (secondary N) is 1. The van der Waals surface area contributed by atoms with Crippen LogP contribution in [-0.4, -0.2) is 60.3 Å². The first-order valence-electron chi connectivity index (χ1n) is 8.45. The minimum absolute atomic E-state index is 0.00520. The van der Waals surface area contributed by atoms with Crippen LogP contribution >= 0.6 is 0 Å². The topological polar surface area (TPSA) is 78.9 Å². The maximum absolute atomic E-state index is 12.1. The van der Waals surface area contributed by atoms with Gasteiger partial charge in [-0.3, -0.25) is 14.5 Å². The van der Waals surface area contributed by atoms with E-state index in [4.69, 9.17) is 9.84 Å². The summed E-state index contributed by atoms with van der Waals surface area (Å²) >= 11 is 0. The second-order valence-electron chi connectivity index (χ2n) is 7.01. The first kappa shape index (κ1) is 15.7. The number of rotatable bonds is 7. The fraction of sp³-hybridized carbons (Fsp3) is 0.875.